The summed E-state index contributed by atoms with van der Waals surface area (Å²) in [4.78, 5) is 29.9. The maximum absolute atomic E-state index is 12.6. The lowest BCUT2D eigenvalue weighted by Crippen LogP contribution is -2.40. The molecule has 3 heterocycles. The van der Waals surface area contributed by atoms with Gasteiger partial charge in [0.1, 0.15) is 11.5 Å². The van der Waals surface area contributed by atoms with Crippen LogP contribution in [0.4, 0.5) is 8.78 Å². The number of amides is 1. The molecule has 9 heteroatoms. The van der Waals surface area contributed by atoms with Gasteiger partial charge in [0.25, 0.3) is 17.9 Å². The van der Waals surface area contributed by atoms with Gasteiger partial charge in [0.2, 0.25) is 0 Å². The third-order valence-electron chi connectivity index (χ3n) is 5.21. The number of rotatable bonds is 5. The first-order valence-electron chi connectivity index (χ1n) is 9.11. The number of carbonyl (C=O) groups is 1. The number of hydrogen-bond donors (Lipinski definition) is 0. The number of halogens is 2. The molecule has 7 nitrogen and oxygen atoms in total. The van der Waals surface area contributed by atoms with Crippen molar-refractivity contribution in [2.45, 2.75) is 44.6 Å². The Morgan fingerprint density at radius 2 is 1.96 bits per heavy atom. The number of nitrogens with zero attached hydrogens (tertiary/aromatic N) is 4. The van der Waals surface area contributed by atoms with Crippen LogP contribution in [0, 0.1) is 5.92 Å². The lowest BCUT2D eigenvalue weighted by molar-refractivity contribution is 0.0671. The Labute approximate surface area is 154 Å². The van der Waals surface area contributed by atoms with E-state index in [0.717, 1.165) is 37.5 Å². The highest BCUT2D eigenvalue weighted by molar-refractivity contribution is 5.92. The molecule has 1 aliphatic carbocycles. The van der Waals surface area contributed by atoms with Gasteiger partial charge < -0.3 is 9.42 Å². The Morgan fingerprint density at radius 1 is 1.22 bits per heavy atom. The topological polar surface area (TPSA) is 81.2 Å². The smallest absolute Gasteiger partial charge is 0.280 e. The average molecular weight is 378 g/mol. The summed E-state index contributed by atoms with van der Waals surface area (Å²) in [5.41, 5.74) is -0.637. The van der Waals surface area contributed by atoms with Crippen molar-refractivity contribution in [1.82, 2.24) is 19.6 Å². The van der Waals surface area contributed by atoms with Gasteiger partial charge >= 0.3 is 0 Å². The van der Waals surface area contributed by atoms with Crippen molar-refractivity contribution in [2.24, 2.45) is 5.92 Å². The maximum Gasteiger partial charge on any atom is 0.280 e. The van der Waals surface area contributed by atoms with Crippen molar-refractivity contribution < 1.29 is 18.1 Å². The first kappa shape index (κ1) is 17.8. The molecule has 27 heavy (non-hydrogen) atoms. The first-order chi connectivity index (χ1) is 13.0. The summed E-state index contributed by atoms with van der Waals surface area (Å²) in [6.45, 7) is 1.53. The lowest BCUT2D eigenvalue weighted by Gasteiger charge is -2.31. The van der Waals surface area contributed by atoms with Crippen LogP contribution in [0.15, 0.2) is 27.8 Å². The van der Waals surface area contributed by atoms with E-state index in [2.05, 4.69) is 10.1 Å². The number of likely N-dealkylation sites (tertiary alicyclic amines) is 1. The summed E-state index contributed by atoms with van der Waals surface area (Å²) in [6, 6.07) is 2.62. The van der Waals surface area contributed by atoms with Crippen LogP contribution in [0.5, 0.6) is 0 Å². The summed E-state index contributed by atoms with van der Waals surface area (Å²) in [6.07, 6.45) is 2.04. The van der Waals surface area contributed by atoms with Crippen molar-refractivity contribution in [3.63, 3.8) is 0 Å². The Hall–Kier alpha value is -2.58. The minimum Gasteiger partial charge on any atom is -0.360 e. The third-order valence-corrected chi connectivity index (χ3v) is 5.21. The average Bonchev–Trinajstić information content (AvgIpc) is 3.40. The van der Waals surface area contributed by atoms with Crippen molar-refractivity contribution in [3.8, 4) is 0 Å². The van der Waals surface area contributed by atoms with Crippen molar-refractivity contribution >= 4 is 5.91 Å². The molecule has 2 aromatic rings. The summed E-state index contributed by atoms with van der Waals surface area (Å²) in [5, 5.41) is 3.89. The normalized spacial score (nSPS) is 18.3. The predicted molar refractivity (Wildman–Crippen MR) is 90.6 cm³/mol. The molecule has 1 amide bonds. The Kier molecular flexibility index (Phi) is 4.75. The zero-order valence-corrected chi connectivity index (χ0v) is 14.7. The van der Waals surface area contributed by atoms with Gasteiger partial charge in [-0.05, 0) is 31.6 Å². The molecule has 2 aromatic heterocycles. The second kappa shape index (κ2) is 7.21. The van der Waals surface area contributed by atoms with E-state index in [0.29, 0.717) is 31.2 Å². The fraction of sp³-hybridized carbons (Fsp3) is 0.556. The molecule has 1 saturated carbocycles. The van der Waals surface area contributed by atoms with Gasteiger partial charge in [-0.15, -0.1) is 0 Å². The van der Waals surface area contributed by atoms with Crippen molar-refractivity contribution in [2.75, 3.05) is 13.1 Å². The van der Waals surface area contributed by atoms with Crippen molar-refractivity contribution in [1.29, 1.82) is 0 Å². The summed E-state index contributed by atoms with van der Waals surface area (Å²) >= 11 is 0. The van der Waals surface area contributed by atoms with Gasteiger partial charge in [-0.1, -0.05) is 5.16 Å². The highest BCUT2D eigenvalue weighted by Gasteiger charge is 2.31. The van der Waals surface area contributed by atoms with Crippen LogP contribution in [-0.4, -0.2) is 38.6 Å². The second-order valence-electron chi connectivity index (χ2n) is 7.23. The van der Waals surface area contributed by atoms with Crippen LogP contribution in [0.25, 0.3) is 0 Å². The van der Waals surface area contributed by atoms with E-state index in [-0.39, 0.29) is 11.8 Å². The molecule has 0 spiro atoms. The number of alkyl halides is 2. The van der Waals surface area contributed by atoms with E-state index in [9.17, 15) is 18.4 Å². The zero-order chi connectivity index (χ0) is 19.0. The third kappa shape index (κ3) is 3.91. The highest BCUT2D eigenvalue weighted by atomic mass is 19.3. The van der Waals surface area contributed by atoms with Crippen LogP contribution >= 0.6 is 0 Å². The molecule has 2 aliphatic rings. The molecule has 4 rings (SSSR count). The predicted octanol–water partition coefficient (Wildman–Crippen LogP) is 2.60. The lowest BCUT2D eigenvalue weighted by atomic mass is 9.96. The van der Waals surface area contributed by atoms with Crippen molar-refractivity contribution in [3.05, 3.63) is 46.0 Å². The molecule has 2 fully saturated rings. The van der Waals surface area contributed by atoms with Gasteiger partial charge in [0.05, 0.1) is 6.33 Å². The second-order valence-corrected chi connectivity index (χ2v) is 7.23. The first-order valence-corrected chi connectivity index (χ1v) is 9.11. The van der Waals surface area contributed by atoms with Crippen LogP contribution in [0.3, 0.4) is 0 Å². The van der Waals surface area contributed by atoms with E-state index in [1.54, 1.807) is 11.0 Å². The maximum atomic E-state index is 12.6. The molecule has 1 saturated heterocycles. The monoisotopic (exact) mass is 378 g/mol. The fourth-order valence-electron chi connectivity index (χ4n) is 3.41. The highest BCUT2D eigenvalue weighted by Crippen LogP contribution is 2.40. The van der Waals surface area contributed by atoms with E-state index in [1.807, 2.05) is 0 Å². The Bertz CT molecular complexity index is 883. The van der Waals surface area contributed by atoms with E-state index >= 15 is 0 Å². The van der Waals surface area contributed by atoms with E-state index < -0.39 is 17.7 Å². The summed E-state index contributed by atoms with van der Waals surface area (Å²) in [5.74, 6) is 1.25. The Balaban J connectivity index is 1.33. The largest absolute Gasteiger partial charge is 0.360 e. The fourth-order valence-corrected chi connectivity index (χ4v) is 3.41. The quantitative estimate of drug-likeness (QED) is 0.799. The van der Waals surface area contributed by atoms with E-state index in [4.69, 9.17) is 4.52 Å². The standard InChI is InChI=1S/C18H20F2N4O3/c19-17(20)13-8-16(25)24(10-21-13)9-11-3-5-23(6-4-11)18(26)14-7-15(27-22-14)12-1-2-12/h7-8,10-12,17H,1-6,9H2. The van der Waals surface area contributed by atoms with Crippen LogP contribution < -0.4 is 5.56 Å². The number of hydrogen-bond acceptors (Lipinski definition) is 5. The number of piperidine rings is 1. The Morgan fingerprint density at radius 3 is 2.59 bits per heavy atom. The van der Waals surface area contributed by atoms with Gasteiger partial charge in [-0.3, -0.25) is 14.2 Å². The molecule has 0 bridgehead atoms. The number of aromatic nitrogens is 3. The molecule has 0 aromatic carbocycles. The van der Waals surface area contributed by atoms with Gasteiger partial charge in [0, 0.05) is 37.7 Å². The summed E-state index contributed by atoms with van der Waals surface area (Å²) < 4.78 is 31.8. The van der Waals surface area contributed by atoms with Gasteiger partial charge in [0.15, 0.2) is 5.69 Å². The van der Waals surface area contributed by atoms with Crippen LogP contribution in [0.1, 0.15) is 60.0 Å². The minimum atomic E-state index is -2.75. The van der Waals surface area contributed by atoms with Crippen LogP contribution in [-0.2, 0) is 6.54 Å². The molecule has 0 N–H and O–H groups in total. The number of carbonyl (C=O) groups excluding carboxylic acids is 1. The molecule has 0 radical (unpaired) electrons. The van der Waals surface area contributed by atoms with E-state index in [1.165, 1.54) is 10.9 Å². The molecule has 0 atom stereocenters. The molecule has 144 valence electrons. The zero-order valence-electron chi connectivity index (χ0n) is 14.7. The molecule has 1 aliphatic heterocycles. The SMILES string of the molecule is O=C(c1cc(C2CC2)on1)N1CCC(Cn2cnc(C(F)F)cc2=O)CC1. The molecular formula is C18H20F2N4O3. The molecule has 0 unspecified atom stereocenters. The summed E-state index contributed by atoms with van der Waals surface area (Å²) in [7, 11) is 0. The van der Waals surface area contributed by atoms with Gasteiger partial charge in [-0.25, -0.2) is 13.8 Å². The molecular weight excluding hydrogens is 358 g/mol. The minimum absolute atomic E-state index is 0.135. The van der Waals surface area contributed by atoms with Crippen LogP contribution in [0.2, 0.25) is 0 Å². The van der Waals surface area contributed by atoms with Gasteiger partial charge in [-0.2, -0.15) is 0 Å².